The van der Waals surface area contributed by atoms with Crippen LogP contribution in [0.1, 0.15) is 25.6 Å². The second kappa shape index (κ2) is 6.55. The summed E-state index contributed by atoms with van der Waals surface area (Å²) in [5, 5.41) is 1.46. The van der Waals surface area contributed by atoms with E-state index in [0.717, 1.165) is 19.9 Å². The van der Waals surface area contributed by atoms with Gasteiger partial charge < -0.3 is 4.74 Å². The van der Waals surface area contributed by atoms with Crippen molar-refractivity contribution in [1.29, 1.82) is 0 Å². The predicted octanol–water partition coefficient (Wildman–Crippen LogP) is 3.89. The summed E-state index contributed by atoms with van der Waals surface area (Å²) in [5.41, 5.74) is 0.607. The van der Waals surface area contributed by atoms with Crippen molar-refractivity contribution >= 4 is 50.8 Å². The lowest BCUT2D eigenvalue weighted by atomic mass is 10.1. The van der Waals surface area contributed by atoms with Crippen LogP contribution in [0.15, 0.2) is 48.5 Å². The minimum absolute atomic E-state index is 0.000181. The van der Waals surface area contributed by atoms with Gasteiger partial charge in [0.2, 0.25) is 0 Å². The number of hydrogen-bond donors (Lipinski definition) is 0. The summed E-state index contributed by atoms with van der Waals surface area (Å²) in [6, 6.07) is 14.1. The van der Waals surface area contributed by atoms with Crippen molar-refractivity contribution in [1.82, 2.24) is 4.90 Å². The first-order valence-corrected chi connectivity index (χ1v) is 9.02. The maximum absolute atomic E-state index is 12.3. The Bertz CT molecular complexity index is 1020. The summed E-state index contributed by atoms with van der Waals surface area (Å²) >= 11 is 7.76. The molecule has 130 valence electrons. The molecule has 2 heterocycles. The molecule has 0 saturated heterocycles. The summed E-state index contributed by atoms with van der Waals surface area (Å²) in [6.45, 7) is -0.422. The zero-order valence-corrected chi connectivity index (χ0v) is 15.0. The van der Waals surface area contributed by atoms with Gasteiger partial charge in [0.1, 0.15) is 13.2 Å². The number of halogens is 1. The Labute approximate surface area is 157 Å². The van der Waals surface area contributed by atoms with E-state index in [1.165, 1.54) is 11.3 Å². The highest BCUT2D eigenvalue weighted by Crippen LogP contribution is 2.35. The second-order valence-electron chi connectivity index (χ2n) is 5.74. The number of carbonyl (C=O) groups is 3. The van der Waals surface area contributed by atoms with Crippen LogP contribution in [0.4, 0.5) is 0 Å². The lowest BCUT2D eigenvalue weighted by molar-refractivity contribution is -0.145. The molecule has 0 saturated carbocycles. The number of amides is 2. The van der Waals surface area contributed by atoms with E-state index in [2.05, 4.69) is 0 Å². The number of hydrogen-bond acceptors (Lipinski definition) is 5. The number of esters is 1. The van der Waals surface area contributed by atoms with Crippen molar-refractivity contribution in [2.45, 2.75) is 6.61 Å². The van der Waals surface area contributed by atoms with Crippen molar-refractivity contribution < 1.29 is 19.1 Å². The fourth-order valence-electron chi connectivity index (χ4n) is 2.86. The van der Waals surface area contributed by atoms with Gasteiger partial charge in [-0.15, -0.1) is 11.3 Å². The van der Waals surface area contributed by atoms with Crippen LogP contribution in [0.5, 0.6) is 0 Å². The van der Waals surface area contributed by atoms with Crippen LogP contribution in [0, 0.1) is 0 Å². The van der Waals surface area contributed by atoms with Gasteiger partial charge in [-0.1, -0.05) is 41.9 Å². The Morgan fingerprint density at radius 1 is 1.00 bits per heavy atom. The van der Waals surface area contributed by atoms with Crippen molar-refractivity contribution in [3.05, 3.63) is 69.6 Å². The molecule has 0 fully saturated rings. The number of ether oxygens (including phenoxy) is 1. The van der Waals surface area contributed by atoms with Gasteiger partial charge in [0.05, 0.1) is 21.0 Å². The summed E-state index contributed by atoms with van der Waals surface area (Å²) in [6.07, 6.45) is 0. The molecule has 5 nitrogen and oxygen atoms in total. The maximum atomic E-state index is 12.3. The van der Waals surface area contributed by atoms with Gasteiger partial charge in [-0.2, -0.15) is 0 Å². The average molecular weight is 386 g/mol. The van der Waals surface area contributed by atoms with Crippen LogP contribution >= 0.6 is 22.9 Å². The van der Waals surface area contributed by atoms with Crippen LogP contribution in [0.3, 0.4) is 0 Å². The molecule has 1 aromatic heterocycles. The SMILES string of the molecule is O=C(CN1C(=O)c2ccccc2C1=O)OCc1sc2ccccc2c1Cl. The van der Waals surface area contributed by atoms with Gasteiger partial charge in [0.15, 0.2) is 0 Å². The molecule has 0 unspecified atom stereocenters. The fourth-order valence-corrected chi connectivity index (χ4v) is 4.26. The number of imide groups is 1. The van der Waals surface area contributed by atoms with E-state index in [4.69, 9.17) is 16.3 Å². The molecule has 0 radical (unpaired) electrons. The molecule has 0 N–H and O–H groups in total. The van der Waals surface area contributed by atoms with Gasteiger partial charge in [-0.3, -0.25) is 19.3 Å². The highest BCUT2D eigenvalue weighted by atomic mass is 35.5. The summed E-state index contributed by atoms with van der Waals surface area (Å²) in [7, 11) is 0. The van der Waals surface area contributed by atoms with E-state index >= 15 is 0 Å². The Morgan fingerprint density at radius 2 is 1.62 bits per heavy atom. The Kier molecular flexibility index (Phi) is 4.22. The van der Waals surface area contributed by atoms with E-state index < -0.39 is 24.3 Å². The van der Waals surface area contributed by atoms with E-state index in [1.54, 1.807) is 24.3 Å². The number of fused-ring (bicyclic) bond motifs is 2. The van der Waals surface area contributed by atoms with Gasteiger partial charge in [-0.25, -0.2) is 0 Å². The average Bonchev–Trinajstić information content (AvgIpc) is 3.10. The highest BCUT2D eigenvalue weighted by molar-refractivity contribution is 7.19. The molecule has 1 aliphatic rings. The highest BCUT2D eigenvalue weighted by Gasteiger charge is 2.36. The van der Waals surface area contributed by atoms with Gasteiger partial charge in [0, 0.05) is 10.1 Å². The monoisotopic (exact) mass is 385 g/mol. The zero-order valence-electron chi connectivity index (χ0n) is 13.4. The summed E-state index contributed by atoms with van der Waals surface area (Å²) in [5.74, 6) is -1.63. The lowest BCUT2D eigenvalue weighted by Crippen LogP contribution is -2.35. The van der Waals surface area contributed by atoms with Crippen LogP contribution < -0.4 is 0 Å². The summed E-state index contributed by atoms with van der Waals surface area (Å²) in [4.78, 5) is 38.3. The van der Waals surface area contributed by atoms with E-state index in [1.807, 2.05) is 24.3 Å². The summed E-state index contributed by atoms with van der Waals surface area (Å²) < 4.78 is 6.24. The van der Waals surface area contributed by atoms with Crippen molar-refractivity contribution in [2.75, 3.05) is 6.54 Å². The van der Waals surface area contributed by atoms with Crippen molar-refractivity contribution in [3.8, 4) is 0 Å². The largest absolute Gasteiger partial charge is 0.459 e. The van der Waals surface area contributed by atoms with Crippen LogP contribution in [-0.4, -0.2) is 29.2 Å². The number of rotatable bonds is 4. The number of nitrogens with zero attached hydrogens (tertiary/aromatic N) is 1. The Hall–Kier alpha value is -2.70. The van der Waals surface area contributed by atoms with E-state index in [0.29, 0.717) is 16.1 Å². The van der Waals surface area contributed by atoms with Crippen LogP contribution in [0.25, 0.3) is 10.1 Å². The minimum Gasteiger partial charge on any atom is -0.459 e. The molecule has 0 atom stereocenters. The maximum Gasteiger partial charge on any atom is 0.326 e. The van der Waals surface area contributed by atoms with Crippen molar-refractivity contribution in [3.63, 3.8) is 0 Å². The fraction of sp³-hybridized carbons (Fsp3) is 0.105. The molecular weight excluding hydrogens is 374 g/mol. The molecule has 3 aromatic rings. The lowest BCUT2D eigenvalue weighted by Gasteiger charge is -2.12. The van der Waals surface area contributed by atoms with Crippen LogP contribution in [-0.2, 0) is 16.1 Å². The number of thiophene rings is 1. The molecule has 7 heteroatoms. The topological polar surface area (TPSA) is 63.7 Å². The number of benzene rings is 2. The molecular formula is C19H12ClNO4S. The Morgan fingerprint density at radius 3 is 2.27 bits per heavy atom. The number of carbonyl (C=O) groups excluding carboxylic acids is 3. The van der Waals surface area contributed by atoms with Crippen LogP contribution in [0.2, 0.25) is 5.02 Å². The molecule has 2 amide bonds. The first-order valence-electron chi connectivity index (χ1n) is 7.83. The second-order valence-corrected chi connectivity index (χ2v) is 7.25. The Balaban J connectivity index is 1.44. The molecule has 0 bridgehead atoms. The third kappa shape index (κ3) is 2.77. The predicted molar refractivity (Wildman–Crippen MR) is 98.4 cm³/mol. The molecule has 0 spiro atoms. The minimum atomic E-state index is -0.659. The first kappa shape index (κ1) is 16.8. The molecule has 4 rings (SSSR count). The van der Waals surface area contributed by atoms with Gasteiger partial charge in [0.25, 0.3) is 11.8 Å². The van der Waals surface area contributed by atoms with Gasteiger partial charge in [-0.05, 0) is 18.2 Å². The quantitative estimate of drug-likeness (QED) is 0.505. The molecule has 2 aromatic carbocycles. The molecule has 0 aliphatic carbocycles. The van der Waals surface area contributed by atoms with Gasteiger partial charge >= 0.3 is 5.97 Å². The van der Waals surface area contributed by atoms with E-state index in [9.17, 15) is 14.4 Å². The standard InChI is InChI=1S/C19H12ClNO4S/c20-17-13-7-3-4-8-14(13)26-15(17)10-25-16(22)9-21-18(23)11-5-1-2-6-12(11)19(21)24/h1-8H,9-10H2. The molecule has 1 aliphatic heterocycles. The van der Waals surface area contributed by atoms with E-state index in [-0.39, 0.29) is 6.61 Å². The third-order valence-corrected chi connectivity index (χ3v) is 5.82. The normalized spacial score (nSPS) is 13.3. The smallest absolute Gasteiger partial charge is 0.326 e. The first-order chi connectivity index (χ1) is 12.6. The zero-order chi connectivity index (χ0) is 18.3. The van der Waals surface area contributed by atoms with Crippen molar-refractivity contribution in [2.24, 2.45) is 0 Å². The third-order valence-electron chi connectivity index (χ3n) is 4.13. The molecule has 26 heavy (non-hydrogen) atoms.